The van der Waals surface area contributed by atoms with Crippen molar-refractivity contribution in [1.82, 2.24) is 19.8 Å². The van der Waals surface area contributed by atoms with E-state index in [1.165, 1.54) is 17.6 Å². The second kappa shape index (κ2) is 8.33. The molecule has 4 rings (SSSR count). The lowest BCUT2D eigenvalue weighted by Gasteiger charge is -2.20. The van der Waals surface area contributed by atoms with Crippen LogP contribution in [0.1, 0.15) is 51.4 Å². The van der Waals surface area contributed by atoms with E-state index in [2.05, 4.69) is 25.9 Å². The summed E-state index contributed by atoms with van der Waals surface area (Å²) in [6.07, 6.45) is 3.53. The predicted octanol–water partition coefficient (Wildman–Crippen LogP) is 2.95. The lowest BCUT2D eigenvalue weighted by molar-refractivity contribution is 0.0978. The van der Waals surface area contributed by atoms with Gasteiger partial charge in [-0.25, -0.2) is 9.19 Å². The van der Waals surface area contributed by atoms with Gasteiger partial charge in [0, 0.05) is 22.7 Å². The first-order chi connectivity index (χ1) is 14.4. The first-order valence-electron chi connectivity index (χ1n) is 9.16. The van der Waals surface area contributed by atoms with Gasteiger partial charge in [-0.05, 0) is 44.0 Å². The second-order valence-electron chi connectivity index (χ2n) is 6.85. The zero-order chi connectivity index (χ0) is 21.3. The van der Waals surface area contributed by atoms with Gasteiger partial charge in [0.2, 0.25) is 5.89 Å². The minimum absolute atomic E-state index is 0.216. The van der Waals surface area contributed by atoms with Crippen molar-refractivity contribution in [3.8, 4) is 6.07 Å². The highest BCUT2D eigenvalue weighted by atomic mass is 32.2. The average Bonchev–Trinajstić information content (AvgIpc) is 3.34. The number of nitrogens with zero attached hydrogens (tertiary/aromatic N) is 5. The molecule has 1 N–H and O–H groups in total. The van der Waals surface area contributed by atoms with Gasteiger partial charge in [-0.3, -0.25) is 9.52 Å². The fourth-order valence-electron chi connectivity index (χ4n) is 2.85. The molecule has 1 aromatic carbocycles. The maximum atomic E-state index is 12.3. The van der Waals surface area contributed by atoms with Crippen molar-refractivity contribution >= 4 is 39.0 Å². The second-order valence-corrected chi connectivity index (χ2v) is 9.15. The van der Waals surface area contributed by atoms with Crippen LogP contribution < -0.4 is 9.62 Å². The molecule has 11 heteroatoms. The third-order valence-corrected chi connectivity index (χ3v) is 5.96. The molecule has 1 atom stereocenters. The van der Waals surface area contributed by atoms with Crippen LogP contribution in [-0.4, -0.2) is 31.5 Å². The molecule has 1 aliphatic carbocycles. The Morgan fingerprint density at radius 3 is 2.73 bits per heavy atom. The van der Waals surface area contributed by atoms with Crippen molar-refractivity contribution in [3.63, 3.8) is 0 Å². The van der Waals surface area contributed by atoms with Crippen LogP contribution in [0.2, 0.25) is 0 Å². The van der Waals surface area contributed by atoms with Crippen molar-refractivity contribution < 1.29 is 13.5 Å². The van der Waals surface area contributed by atoms with Crippen molar-refractivity contribution in [2.45, 2.75) is 32.2 Å². The molecule has 30 heavy (non-hydrogen) atoms. The van der Waals surface area contributed by atoms with E-state index < -0.39 is 16.9 Å². The number of hydrogen-bond donors (Lipinski definition) is 1. The minimum Gasteiger partial charge on any atom is -0.337 e. The Morgan fingerprint density at radius 2 is 2.10 bits per heavy atom. The van der Waals surface area contributed by atoms with E-state index in [0.717, 1.165) is 18.5 Å². The van der Waals surface area contributed by atoms with Gasteiger partial charge in [0.15, 0.2) is 11.0 Å². The predicted molar refractivity (Wildman–Crippen MR) is 112 cm³/mol. The fourth-order valence-corrected chi connectivity index (χ4v) is 4.13. The smallest absolute Gasteiger partial charge is 0.282 e. The molecule has 0 aliphatic heterocycles. The van der Waals surface area contributed by atoms with E-state index in [9.17, 15) is 9.00 Å². The first-order valence-corrected chi connectivity index (χ1v) is 11.5. The monoisotopic (exact) mass is 442 g/mol. The fraction of sp³-hybridized carbons (Fsp3) is 0.316. The topological polar surface area (TPSA) is 125 Å². The van der Waals surface area contributed by atoms with Crippen molar-refractivity contribution in [1.29, 1.82) is 5.26 Å². The molecule has 1 unspecified atom stereocenters. The Morgan fingerprint density at radius 1 is 1.37 bits per heavy atom. The molecule has 0 radical (unpaired) electrons. The summed E-state index contributed by atoms with van der Waals surface area (Å²) >= 11 is 1.33. The normalized spacial score (nSPS) is 14.2. The number of hydrogen-bond acceptors (Lipinski definition) is 9. The summed E-state index contributed by atoms with van der Waals surface area (Å²) in [4.78, 5) is 23.8. The first kappa shape index (κ1) is 20.2. The van der Waals surface area contributed by atoms with Crippen LogP contribution in [0, 0.1) is 18.3 Å². The van der Waals surface area contributed by atoms with Crippen LogP contribution in [0.4, 0.5) is 10.8 Å². The van der Waals surface area contributed by atoms with Gasteiger partial charge >= 0.3 is 0 Å². The van der Waals surface area contributed by atoms with Crippen LogP contribution >= 0.6 is 11.3 Å². The summed E-state index contributed by atoms with van der Waals surface area (Å²) in [5, 5.41) is 13.7. The highest BCUT2D eigenvalue weighted by molar-refractivity contribution is 7.82. The molecule has 2 heterocycles. The number of anilines is 2. The third kappa shape index (κ3) is 4.39. The van der Waals surface area contributed by atoms with Crippen LogP contribution in [0.25, 0.3) is 0 Å². The molecule has 154 valence electrons. The number of carbonyl (C=O) groups is 1. The van der Waals surface area contributed by atoms with Crippen molar-refractivity contribution in [2.75, 3.05) is 11.2 Å². The lowest BCUT2D eigenvalue weighted by atomic mass is 10.2. The number of thiazole rings is 1. The maximum Gasteiger partial charge on any atom is 0.282 e. The zero-order valence-electron chi connectivity index (χ0n) is 16.3. The summed E-state index contributed by atoms with van der Waals surface area (Å²) in [7, 11) is -1.49. The van der Waals surface area contributed by atoms with Gasteiger partial charge in [0.25, 0.3) is 5.91 Å². The standard InChI is InChI=1S/C19H18N6O3S2/c1-11-16(18(26)24-30(2)27)22-19(29-11)25(14-7-3-12(9-20)4-8-14)10-15-21-17(23-28-15)13-5-6-13/h3-4,7-8,13H,5-6,10H2,1-2H3,(H,24,26). The third-order valence-electron chi connectivity index (χ3n) is 4.50. The summed E-state index contributed by atoms with van der Waals surface area (Å²) in [6, 6.07) is 9.11. The molecule has 1 fully saturated rings. The SMILES string of the molecule is Cc1sc(N(Cc2nc(C3CC3)no2)c2ccc(C#N)cc2)nc1C(=O)NS(C)=O. The van der Waals surface area contributed by atoms with E-state index in [-0.39, 0.29) is 12.2 Å². The Labute approximate surface area is 179 Å². The Bertz CT molecular complexity index is 1140. The number of aryl methyl sites for hydroxylation is 1. The quantitative estimate of drug-likeness (QED) is 0.592. The van der Waals surface area contributed by atoms with Crippen molar-refractivity contribution in [2.24, 2.45) is 0 Å². The van der Waals surface area contributed by atoms with Crippen LogP contribution in [-0.2, 0) is 17.5 Å². The molecule has 0 bridgehead atoms. The minimum atomic E-state index is -1.49. The summed E-state index contributed by atoms with van der Waals surface area (Å²) in [5.41, 5.74) is 1.52. The Balaban J connectivity index is 1.68. The van der Waals surface area contributed by atoms with Gasteiger partial charge in [0.1, 0.15) is 23.2 Å². The molecule has 3 aromatic rings. The highest BCUT2D eigenvalue weighted by Gasteiger charge is 2.29. The molecule has 0 saturated heterocycles. The van der Waals surface area contributed by atoms with Crippen LogP contribution in [0.15, 0.2) is 28.8 Å². The number of amides is 1. The number of benzene rings is 1. The van der Waals surface area contributed by atoms with Gasteiger partial charge in [-0.15, -0.1) is 11.3 Å². The number of aromatic nitrogens is 3. The molecular formula is C19H18N6O3S2. The van der Waals surface area contributed by atoms with E-state index in [0.29, 0.717) is 33.2 Å². The maximum absolute atomic E-state index is 12.3. The summed E-state index contributed by atoms with van der Waals surface area (Å²) < 4.78 is 19.1. The number of nitrogens with one attached hydrogen (secondary N) is 1. The number of nitriles is 1. The summed E-state index contributed by atoms with van der Waals surface area (Å²) in [6.45, 7) is 2.04. The van der Waals surface area contributed by atoms with Crippen LogP contribution in [0.3, 0.4) is 0 Å². The Hall–Kier alpha value is -3.10. The van der Waals surface area contributed by atoms with E-state index in [1.54, 1.807) is 31.2 Å². The molecular weight excluding hydrogens is 424 g/mol. The number of rotatable bonds is 7. The molecule has 9 nitrogen and oxygen atoms in total. The average molecular weight is 443 g/mol. The molecule has 1 saturated carbocycles. The summed E-state index contributed by atoms with van der Waals surface area (Å²) in [5.74, 6) is 1.03. The highest BCUT2D eigenvalue weighted by Crippen LogP contribution is 2.38. The van der Waals surface area contributed by atoms with E-state index >= 15 is 0 Å². The molecule has 0 spiro atoms. The largest absolute Gasteiger partial charge is 0.337 e. The van der Waals surface area contributed by atoms with Gasteiger partial charge < -0.3 is 9.42 Å². The Kier molecular flexibility index (Phi) is 5.61. The van der Waals surface area contributed by atoms with Crippen LogP contribution in [0.5, 0.6) is 0 Å². The van der Waals surface area contributed by atoms with Gasteiger partial charge in [-0.1, -0.05) is 5.16 Å². The molecule has 1 amide bonds. The lowest BCUT2D eigenvalue weighted by Crippen LogP contribution is -2.25. The number of carbonyl (C=O) groups excluding carboxylic acids is 1. The van der Waals surface area contributed by atoms with E-state index in [4.69, 9.17) is 9.78 Å². The molecule has 1 aliphatic rings. The van der Waals surface area contributed by atoms with E-state index in [1.807, 2.05) is 4.90 Å². The zero-order valence-corrected chi connectivity index (χ0v) is 17.9. The molecule has 2 aromatic heterocycles. The van der Waals surface area contributed by atoms with Gasteiger partial charge in [0.05, 0.1) is 11.6 Å². The van der Waals surface area contributed by atoms with Gasteiger partial charge in [-0.2, -0.15) is 10.2 Å². The van der Waals surface area contributed by atoms with Crippen molar-refractivity contribution in [3.05, 3.63) is 52.1 Å².